The van der Waals surface area contributed by atoms with Crippen LogP contribution in [0.5, 0.6) is 0 Å². The van der Waals surface area contributed by atoms with Crippen LogP contribution in [-0.4, -0.2) is 42.4 Å². The van der Waals surface area contributed by atoms with Gasteiger partial charge in [0.15, 0.2) is 5.78 Å². The molecule has 4 nitrogen and oxygen atoms in total. The minimum Gasteiger partial charge on any atom is -0.462 e. The van der Waals surface area contributed by atoms with Gasteiger partial charge in [-0.1, -0.05) is 33.8 Å². The minimum absolute atomic E-state index is 0.0119. The van der Waals surface area contributed by atoms with Crippen LogP contribution in [0.1, 0.15) is 105 Å². The Morgan fingerprint density at radius 2 is 1.83 bits per heavy atom. The summed E-state index contributed by atoms with van der Waals surface area (Å²) in [5, 5.41) is 0. The van der Waals surface area contributed by atoms with Gasteiger partial charge in [-0.3, -0.25) is 9.59 Å². The number of fused-ring (bicyclic) bond motifs is 5. The number of Topliss-reactive ketones (excluding diaryl/α,β-unsaturated/α-hetero) is 1. The van der Waals surface area contributed by atoms with E-state index in [0.29, 0.717) is 34.9 Å². The lowest BCUT2D eigenvalue weighted by Crippen LogP contribution is -2.54. The molecule has 0 spiro atoms. The van der Waals surface area contributed by atoms with Crippen molar-refractivity contribution in [2.75, 3.05) is 19.6 Å². The number of esters is 1. The number of allylic oxidation sites excluding steroid dienone is 2. The van der Waals surface area contributed by atoms with Crippen LogP contribution in [0.25, 0.3) is 0 Å². The van der Waals surface area contributed by atoms with Gasteiger partial charge in [-0.05, 0) is 123 Å². The zero-order valence-corrected chi connectivity index (χ0v) is 23.0. The van der Waals surface area contributed by atoms with Crippen LogP contribution >= 0.6 is 0 Å². The fraction of sp³-hybridized carbons (Fsp3) is 0.871. The highest BCUT2D eigenvalue weighted by atomic mass is 16.5. The third kappa shape index (κ3) is 4.66. The molecule has 7 atom stereocenters. The normalized spacial score (nSPS) is 42.9. The van der Waals surface area contributed by atoms with E-state index in [1.54, 1.807) is 6.92 Å². The maximum Gasteiger partial charge on any atom is 0.307 e. The van der Waals surface area contributed by atoms with Gasteiger partial charge in [0, 0.05) is 13.1 Å². The van der Waals surface area contributed by atoms with Gasteiger partial charge >= 0.3 is 5.97 Å². The van der Waals surface area contributed by atoms with Crippen molar-refractivity contribution in [3.05, 3.63) is 11.6 Å². The number of ether oxygens (including phenoxy) is 1. The molecule has 0 amide bonds. The van der Waals surface area contributed by atoms with Crippen molar-refractivity contribution in [2.45, 2.75) is 111 Å². The first-order valence-electron chi connectivity index (χ1n) is 14.7. The van der Waals surface area contributed by atoms with Crippen LogP contribution < -0.4 is 0 Å². The number of piperidine rings is 1. The molecule has 0 aromatic rings. The Labute approximate surface area is 213 Å². The summed E-state index contributed by atoms with van der Waals surface area (Å²) in [6.07, 6.45) is 14.8. The molecule has 196 valence electrons. The standard InChI is InChI=1S/C31H49NO3/c1-21(33)25-9-10-26-24-8-7-22-19-23(11-15-30(22,4)27(24)12-16-31(25,26)5)35-28(34)13-18-32-17-6-14-29(2,3)20-32/h9,22-24,26-27H,6-8,10-20H2,1-5H3/t22-,23+,24-,26+,27+,30-,31+/m0/s1. The van der Waals surface area contributed by atoms with Crippen molar-refractivity contribution >= 4 is 11.8 Å². The molecule has 4 fully saturated rings. The number of nitrogens with zero attached hydrogens (tertiary/aromatic N) is 1. The Hall–Kier alpha value is -1.16. The number of hydrogen-bond donors (Lipinski definition) is 0. The summed E-state index contributed by atoms with van der Waals surface area (Å²) in [5.41, 5.74) is 1.96. The molecular weight excluding hydrogens is 434 g/mol. The summed E-state index contributed by atoms with van der Waals surface area (Å²) < 4.78 is 6.08. The first kappa shape index (κ1) is 25.5. The van der Waals surface area contributed by atoms with Crippen molar-refractivity contribution in [3.8, 4) is 0 Å². The van der Waals surface area contributed by atoms with E-state index in [2.05, 4.69) is 38.7 Å². The van der Waals surface area contributed by atoms with Crippen LogP contribution in [0, 0.1) is 39.9 Å². The Morgan fingerprint density at radius 1 is 1.03 bits per heavy atom. The first-order valence-corrected chi connectivity index (χ1v) is 14.7. The van der Waals surface area contributed by atoms with Crippen LogP contribution in [0.15, 0.2) is 11.6 Å². The van der Waals surface area contributed by atoms with E-state index in [4.69, 9.17) is 4.74 Å². The summed E-state index contributed by atoms with van der Waals surface area (Å²) in [4.78, 5) is 27.5. The van der Waals surface area contributed by atoms with Crippen molar-refractivity contribution < 1.29 is 14.3 Å². The Balaban J connectivity index is 1.16. The lowest BCUT2D eigenvalue weighted by molar-refractivity contribution is -0.161. The zero-order valence-electron chi connectivity index (χ0n) is 23.0. The van der Waals surface area contributed by atoms with E-state index in [1.807, 2.05) is 0 Å². The summed E-state index contributed by atoms with van der Waals surface area (Å²) in [5.74, 6) is 3.13. The van der Waals surface area contributed by atoms with Crippen LogP contribution in [0.3, 0.4) is 0 Å². The Bertz CT molecular complexity index is 876. The monoisotopic (exact) mass is 483 g/mol. The van der Waals surface area contributed by atoms with Gasteiger partial charge in [0.2, 0.25) is 0 Å². The summed E-state index contributed by atoms with van der Waals surface area (Å²) in [6, 6.07) is 0. The fourth-order valence-electron chi connectivity index (χ4n) is 9.67. The molecular formula is C31H49NO3. The molecule has 3 saturated carbocycles. The Morgan fingerprint density at radius 3 is 2.57 bits per heavy atom. The number of likely N-dealkylation sites (tertiary alicyclic amines) is 1. The molecule has 4 aliphatic carbocycles. The third-order valence-electron chi connectivity index (χ3n) is 11.5. The third-order valence-corrected chi connectivity index (χ3v) is 11.5. The molecule has 1 aliphatic heterocycles. The molecule has 1 heterocycles. The molecule has 5 rings (SSSR count). The summed E-state index contributed by atoms with van der Waals surface area (Å²) in [6.45, 7) is 14.4. The lowest BCUT2D eigenvalue weighted by Gasteiger charge is -2.60. The van der Waals surface area contributed by atoms with E-state index in [1.165, 1.54) is 38.5 Å². The van der Waals surface area contributed by atoms with Gasteiger partial charge in [-0.25, -0.2) is 0 Å². The van der Waals surface area contributed by atoms with Crippen molar-refractivity contribution in [3.63, 3.8) is 0 Å². The predicted molar refractivity (Wildman–Crippen MR) is 140 cm³/mol. The SMILES string of the molecule is CC(=O)C1=CC[C@@H]2[C@@H]3CC[C@H]4C[C@H](OC(=O)CCN5CCCC(C)(C)C5)CC[C@]4(C)[C@@H]3CC[C@]12C. The highest BCUT2D eigenvalue weighted by molar-refractivity contribution is 5.95. The molecule has 1 saturated heterocycles. The van der Waals surface area contributed by atoms with Crippen molar-refractivity contribution in [2.24, 2.45) is 39.9 Å². The summed E-state index contributed by atoms with van der Waals surface area (Å²) >= 11 is 0. The van der Waals surface area contributed by atoms with E-state index < -0.39 is 0 Å². The number of carbonyl (C=O) groups is 2. The molecule has 0 aromatic carbocycles. The van der Waals surface area contributed by atoms with Gasteiger partial charge in [-0.2, -0.15) is 0 Å². The molecule has 5 aliphatic rings. The predicted octanol–water partition coefficient (Wildman–Crippen LogP) is 6.58. The summed E-state index contributed by atoms with van der Waals surface area (Å²) in [7, 11) is 0. The van der Waals surface area contributed by atoms with Crippen molar-refractivity contribution in [1.29, 1.82) is 0 Å². The van der Waals surface area contributed by atoms with Crippen molar-refractivity contribution in [1.82, 2.24) is 4.90 Å². The quantitative estimate of drug-likeness (QED) is 0.415. The zero-order chi connectivity index (χ0) is 25.0. The Kier molecular flexibility index (Phi) is 6.77. The molecule has 0 N–H and O–H groups in total. The molecule has 0 bridgehead atoms. The molecule has 0 unspecified atom stereocenters. The van der Waals surface area contributed by atoms with Gasteiger partial charge in [0.05, 0.1) is 6.42 Å². The van der Waals surface area contributed by atoms with Crippen LogP contribution in [-0.2, 0) is 14.3 Å². The fourth-order valence-corrected chi connectivity index (χ4v) is 9.67. The van der Waals surface area contributed by atoms with Gasteiger partial charge < -0.3 is 9.64 Å². The molecule has 0 radical (unpaired) electrons. The van der Waals surface area contributed by atoms with E-state index in [-0.39, 0.29) is 17.5 Å². The molecule has 35 heavy (non-hydrogen) atoms. The average Bonchev–Trinajstić information content (AvgIpc) is 3.15. The maximum atomic E-state index is 12.7. The topological polar surface area (TPSA) is 46.6 Å². The second-order valence-electron chi connectivity index (χ2n) is 14.2. The van der Waals surface area contributed by atoms with E-state index >= 15 is 0 Å². The maximum absolute atomic E-state index is 12.7. The van der Waals surface area contributed by atoms with Gasteiger partial charge in [0.25, 0.3) is 0 Å². The number of carbonyl (C=O) groups excluding carboxylic acids is 2. The average molecular weight is 484 g/mol. The second-order valence-corrected chi connectivity index (χ2v) is 14.2. The van der Waals surface area contributed by atoms with E-state index in [0.717, 1.165) is 62.7 Å². The number of hydrogen-bond acceptors (Lipinski definition) is 4. The molecule has 4 heteroatoms. The number of rotatable bonds is 5. The first-order chi connectivity index (χ1) is 16.5. The van der Waals surface area contributed by atoms with Gasteiger partial charge in [0.1, 0.15) is 6.10 Å². The minimum atomic E-state index is 0.0119. The second kappa shape index (κ2) is 9.30. The highest BCUT2D eigenvalue weighted by Gasteiger charge is 2.59. The van der Waals surface area contributed by atoms with E-state index in [9.17, 15) is 9.59 Å². The number of ketones is 1. The lowest BCUT2D eigenvalue weighted by atomic mass is 9.44. The molecule has 0 aromatic heterocycles. The van der Waals surface area contributed by atoms with Gasteiger partial charge in [-0.15, -0.1) is 0 Å². The highest BCUT2D eigenvalue weighted by Crippen LogP contribution is 2.66. The van der Waals surface area contributed by atoms with Crippen LogP contribution in [0.4, 0.5) is 0 Å². The smallest absolute Gasteiger partial charge is 0.307 e. The van der Waals surface area contributed by atoms with Crippen LogP contribution in [0.2, 0.25) is 0 Å². The largest absolute Gasteiger partial charge is 0.462 e.